The van der Waals surface area contributed by atoms with Gasteiger partial charge < -0.3 is 14.2 Å². The average molecular weight is 527 g/mol. The molecule has 6 aromatic rings. The summed E-state index contributed by atoms with van der Waals surface area (Å²) in [5.74, 6) is 1.35. The van der Waals surface area contributed by atoms with Crippen molar-refractivity contribution < 1.29 is 14.2 Å². The Morgan fingerprint density at radius 2 is 1.00 bits per heavy atom. The minimum atomic E-state index is 0.0253. The van der Waals surface area contributed by atoms with E-state index in [2.05, 4.69) is 0 Å². The van der Waals surface area contributed by atoms with Gasteiger partial charge in [-0.15, -0.1) is 22.7 Å². The van der Waals surface area contributed by atoms with Gasteiger partial charge in [0.25, 0.3) is 0 Å². The van der Waals surface area contributed by atoms with Gasteiger partial charge in [0.15, 0.2) is 10.9 Å². The fraction of sp³-hybridized carbons (Fsp3) is 0.133. The lowest BCUT2D eigenvalue weighted by Crippen LogP contribution is -2.12. The molecule has 0 fully saturated rings. The van der Waals surface area contributed by atoms with Gasteiger partial charge in [0, 0.05) is 40.3 Å². The van der Waals surface area contributed by atoms with Crippen LogP contribution in [0.2, 0.25) is 0 Å². The van der Waals surface area contributed by atoms with E-state index in [-0.39, 0.29) is 10.9 Å². The molecule has 0 bridgehead atoms. The topological polar surface area (TPSA) is 61.8 Å². The Balaban J connectivity index is 1.01. The number of hydrogen-bond acceptors (Lipinski definition) is 7. The Morgan fingerprint density at radius 1 is 0.486 bits per heavy atom. The van der Waals surface area contributed by atoms with Crippen molar-refractivity contribution in [1.29, 1.82) is 0 Å². The molecule has 2 aromatic heterocycles. The molecule has 0 radical (unpaired) electrons. The third kappa shape index (κ3) is 4.81. The molecule has 0 spiro atoms. The lowest BCUT2D eigenvalue weighted by molar-refractivity contribution is 0.0765. The highest BCUT2D eigenvalue weighted by atomic mass is 32.1. The van der Waals surface area contributed by atoms with Crippen molar-refractivity contribution >= 4 is 63.0 Å². The Hall–Kier alpha value is -3.78. The molecule has 6 rings (SSSR count). The number of benzene rings is 4. The largest absolute Gasteiger partial charge is 0.491 e. The van der Waals surface area contributed by atoms with Crippen molar-refractivity contribution in [3.8, 4) is 11.5 Å². The minimum Gasteiger partial charge on any atom is -0.491 e. The predicted octanol–water partition coefficient (Wildman–Crippen LogP) is 6.62. The van der Waals surface area contributed by atoms with Crippen LogP contribution in [0.15, 0.2) is 94.5 Å². The van der Waals surface area contributed by atoms with E-state index in [0.29, 0.717) is 48.7 Å². The van der Waals surface area contributed by atoms with Crippen molar-refractivity contribution in [3.05, 3.63) is 105 Å². The van der Waals surface area contributed by atoms with Gasteiger partial charge >= 0.3 is 0 Å². The first-order chi connectivity index (χ1) is 18.2. The van der Waals surface area contributed by atoms with Gasteiger partial charge in [0.05, 0.1) is 13.2 Å². The molecule has 0 atom stereocenters. The van der Waals surface area contributed by atoms with E-state index < -0.39 is 0 Å². The zero-order valence-corrected chi connectivity index (χ0v) is 21.4. The van der Waals surface area contributed by atoms with Gasteiger partial charge in [-0.2, -0.15) is 0 Å². The van der Waals surface area contributed by atoms with E-state index in [4.69, 9.17) is 14.2 Å². The molecule has 37 heavy (non-hydrogen) atoms. The van der Waals surface area contributed by atoms with Crippen LogP contribution in [0, 0.1) is 0 Å². The summed E-state index contributed by atoms with van der Waals surface area (Å²) in [5.41, 5.74) is 0.0726. The number of fused-ring (bicyclic) bond motifs is 4. The highest BCUT2D eigenvalue weighted by Crippen LogP contribution is 2.28. The van der Waals surface area contributed by atoms with Crippen molar-refractivity contribution in [2.75, 3.05) is 26.4 Å². The molecule has 0 aliphatic carbocycles. The van der Waals surface area contributed by atoms with Gasteiger partial charge in [-0.05, 0) is 60.7 Å². The fourth-order valence-corrected chi connectivity index (χ4v) is 6.43. The zero-order valence-electron chi connectivity index (χ0n) is 19.8. The maximum Gasteiger partial charge on any atom is 0.196 e. The smallest absolute Gasteiger partial charge is 0.196 e. The van der Waals surface area contributed by atoms with Crippen molar-refractivity contribution in [3.63, 3.8) is 0 Å². The molecule has 5 nitrogen and oxygen atoms in total. The average Bonchev–Trinajstić information content (AvgIpc) is 2.93. The summed E-state index contributed by atoms with van der Waals surface area (Å²) in [5, 5.41) is 2.85. The molecule has 0 N–H and O–H groups in total. The number of ether oxygens (including phenoxy) is 3. The first kappa shape index (κ1) is 23.6. The molecule has 0 aliphatic heterocycles. The second-order valence-electron chi connectivity index (χ2n) is 8.48. The van der Waals surface area contributed by atoms with E-state index in [1.54, 1.807) is 28.7 Å². The van der Waals surface area contributed by atoms with Crippen LogP contribution in [0.4, 0.5) is 0 Å². The molecule has 4 aromatic carbocycles. The molecular formula is C30H22O5S2. The maximum absolute atomic E-state index is 12.8. The molecule has 0 aliphatic rings. The SMILES string of the molecule is O=c1c2ccccc2sc2cc(OCCOCCOc3ccc4sc5ccccc5c(=O)c4c3)ccc12. The first-order valence-electron chi connectivity index (χ1n) is 11.9. The van der Waals surface area contributed by atoms with Gasteiger partial charge in [-0.25, -0.2) is 0 Å². The Morgan fingerprint density at radius 3 is 1.70 bits per heavy atom. The van der Waals surface area contributed by atoms with Crippen LogP contribution in [0.25, 0.3) is 40.3 Å². The predicted molar refractivity (Wildman–Crippen MR) is 153 cm³/mol. The standard InChI is InChI=1S/C30H22O5S2/c31-29-21-5-1-4-8-26(21)37-28-18-20(9-11-23(28)29)35-16-14-33-13-15-34-19-10-12-27-24(17-19)30(32)22-6-2-3-7-25(22)36-27/h1-12,17-18H,13-16H2. The highest BCUT2D eigenvalue weighted by molar-refractivity contribution is 7.24. The van der Waals surface area contributed by atoms with Crippen molar-refractivity contribution in [2.24, 2.45) is 0 Å². The molecular weight excluding hydrogens is 504 g/mol. The van der Waals surface area contributed by atoms with E-state index in [9.17, 15) is 9.59 Å². The maximum atomic E-state index is 12.8. The lowest BCUT2D eigenvalue weighted by Gasteiger charge is -2.10. The Bertz CT molecular complexity index is 1870. The third-order valence-electron chi connectivity index (χ3n) is 6.09. The summed E-state index contributed by atoms with van der Waals surface area (Å²) in [6.45, 7) is 1.56. The van der Waals surface area contributed by atoms with E-state index in [0.717, 1.165) is 29.6 Å². The summed E-state index contributed by atoms with van der Waals surface area (Å²) >= 11 is 3.19. The van der Waals surface area contributed by atoms with Gasteiger partial charge in [-0.1, -0.05) is 24.3 Å². The van der Waals surface area contributed by atoms with Crippen molar-refractivity contribution in [2.45, 2.75) is 0 Å². The molecule has 2 heterocycles. The van der Waals surface area contributed by atoms with E-state index in [1.165, 1.54) is 0 Å². The molecule has 0 saturated carbocycles. The van der Waals surface area contributed by atoms with E-state index in [1.807, 2.05) is 78.9 Å². The van der Waals surface area contributed by atoms with Crippen LogP contribution < -0.4 is 20.3 Å². The Labute approximate surface area is 220 Å². The van der Waals surface area contributed by atoms with Crippen LogP contribution >= 0.6 is 22.7 Å². The number of hydrogen-bond donors (Lipinski definition) is 0. The third-order valence-corrected chi connectivity index (χ3v) is 8.37. The van der Waals surface area contributed by atoms with Gasteiger partial charge in [0.2, 0.25) is 0 Å². The van der Waals surface area contributed by atoms with Crippen LogP contribution in [0.3, 0.4) is 0 Å². The minimum absolute atomic E-state index is 0.0253. The molecule has 0 amide bonds. The normalized spacial score (nSPS) is 11.5. The second-order valence-corrected chi connectivity index (χ2v) is 10.6. The molecule has 7 heteroatoms. The van der Waals surface area contributed by atoms with E-state index >= 15 is 0 Å². The van der Waals surface area contributed by atoms with Crippen LogP contribution in [0.5, 0.6) is 11.5 Å². The van der Waals surface area contributed by atoms with Gasteiger partial charge in [-0.3, -0.25) is 9.59 Å². The Kier molecular flexibility index (Phi) is 6.57. The van der Waals surface area contributed by atoms with Gasteiger partial charge in [0.1, 0.15) is 24.7 Å². The summed E-state index contributed by atoms with van der Waals surface area (Å²) in [6, 6.07) is 26.5. The zero-order chi connectivity index (χ0) is 25.2. The fourth-order valence-electron chi connectivity index (χ4n) is 4.28. The molecule has 184 valence electrons. The molecule has 0 saturated heterocycles. The molecule has 0 unspecified atom stereocenters. The second kappa shape index (κ2) is 10.3. The summed E-state index contributed by atoms with van der Waals surface area (Å²) in [4.78, 5) is 25.6. The quantitative estimate of drug-likeness (QED) is 0.165. The lowest BCUT2D eigenvalue weighted by atomic mass is 10.2. The summed E-state index contributed by atoms with van der Waals surface area (Å²) in [6.07, 6.45) is 0. The monoisotopic (exact) mass is 526 g/mol. The highest BCUT2D eigenvalue weighted by Gasteiger charge is 2.08. The van der Waals surface area contributed by atoms with Crippen LogP contribution in [-0.2, 0) is 4.74 Å². The van der Waals surface area contributed by atoms with Crippen molar-refractivity contribution in [1.82, 2.24) is 0 Å². The first-order valence-corrected chi connectivity index (χ1v) is 13.6. The summed E-state index contributed by atoms with van der Waals surface area (Å²) < 4.78 is 21.1. The number of rotatable bonds is 8. The summed E-state index contributed by atoms with van der Waals surface area (Å²) in [7, 11) is 0. The van der Waals surface area contributed by atoms with Crippen LogP contribution in [-0.4, -0.2) is 26.4 Å². The van der Waals surface area contributed by atoms with Crippen LogP contribution in [0.1, 0.15) is 0 Å².